The number of carbonyl (C=O) groups excluding carboxylic acids is 1. The smallest absolute Gasteiger partial charge is 0.238 e. The first-order valence-electron chi connectivity index (χ1n) is 7.33. The molecule has 2 N–H and O–H groups in total. The summed E-state index contributed by atoms with van der Waals surface area (Å²) in [5.74, 6) is 1.58. The van der Waals surface area contributed by atoms with E-state index in [1.54, 1.807) is 0 Å². The number of rotatable bonds is 4. The van der Waals surface area contributed by atoms with Crippen LogP contribution in [0.4, 0.5) is 5.69 Å². The summed E-state index contributed by atoms with van der Waals surface area (Å²) in [7, 11) is 0. The molecule has 0 bridgehead atoms. The maximum atomic E-state index is 11.9. The molecule has 3 unspecified atom stereocenters. The van der Waals surface area contributed by atoms with Gasteiger partial charge in [0.1, 0.15) is 0 Å². The van der Waals surface area contributed by atoms with Crippen molar-refractivity contribution in [1.82, 2.24) is 5.32 Å². The van der Waals surface area contributed by atoms with Crippen molar-refractivity contribution < 1.29 is 4.79 Å². The number of anilines is 1. The van der Waals surface area contributed by atoms with Gasteiger partial charge in [0.2, 0.25) is 5.91 Å². The zero-order chi connectivity index (χ0) is 14.5. The summed E-state index contributed by atoms with van der Waals surface area (Å²) in [5.41, 5.74) is 0.830. The number of nitrogens with one attached hydrogen (secondary N) is 2. The standard InChI is InChI=1S/C16H23BrN2O/c1-11-6-7-14(8-12(11)2)18-10-16(20)19-15-5-3-4-13(17)9-15/h3-5,9,11-12,14,18H,6-8,10H2,1-2H3,(H,19,20). The lowest BCUT2D eigenvalue weighted by molar-refractivity contribution is -0.115. The lowest BCUT2D eigenvalue weighted by Gasteiger charge is -2.32. The Morgan fingerprint density at radius 1 is 1.30 bits per heavy atom. The summed E-state index contributed by atoms with van der Waals surface area (Å²) in [6, 6.07) is 8.14. The molecule has 1 aromatic rings. The molecule has 3 nitrogen and oxygen atoms in total. The van der Waals surface area contributed by atoms with E-state index in [4.69, 9.17) is 0 Å². The molecule has 0 heterocycles. The molecule has 4 heteroatoms. The van der Waals surface area contributed by atoms with E-state index in [0.717, 1.165) is 22.0 Å². The van der Waals surface area contributed by atoms with Crippen LogP contribution in [-0.4, -0.2) is 18.5 Å². The van der Waals surface area contributed by atoms with Crippen molar-refractivity contribution in [3.05, 3.63) is 28.7 Å². The number of carbonyl (C=O) groups is 1. The first-order chi connectivity index (χ1) is 9.54. The minimum atomic E-state index is 0.0226. The third-order valence-electron chi connectivity index (χ3n) is 4.26. The van der Waals surface area contributed by atoms with Crippen molar-refractivity contribution in [2.75, 3.05) is 11.9 Å². The van der Waals surface area contributed by atoms with E-state index in [9.17, 15) is 4.79 Å². The van der Waals surface area contributed by atoms with Gasteiger partial charge in [-0.25, -0.2) is 0 Å². The van der Waals surface area contributed by atoms with Gasteiger partial charge in [0.25, 0.3) is 0 Å². The van der Waals surface area contributed by atoms with E-state index in [-0.39, 0.29) is 5.91 Å². The van der Waals surface area contributed by atoms with Crippen LogP contribution in [0.2, 0.25) is 0 Å². The second-order valence-electron chi connectivity index (χ2n) is 5.90. The minimum Gasteiger partial charge on any atom is -0.325 e. The molecule has 20 heavy (non-hydrogen) atoms. The lowest BCUT2D eigenvalue weighted by Crippen LogP contribution is -2.40. The number of hydrogen-bond acceptors (Lipinski definition) is 2. The van der Waals surface area contributed by atoms with Crippen LogP contribution in [0.1, 0.15) is 33.1 Å². The maximum absolute atomic E-state index is 11.9. The SMILES string of the molecule is CC1CCC(NCC(=O)Nc2cccc(Br)c2)CC1C. The Bertz CT molecular complexity index is 464. The third kappa shape index (κ3) is 4.60. The Kier molecular flexibility index (Phi) is 5.61. The lowest BCUT2D eigenvalue weighted by atomic mass is 9.79. The molecular weight excluding hydrogens is 316 g/mol. The summed E-state index contributed by atoms with van der Waals surface area (Å²) in [4.78, 5) is 11.9. The molecular formula is C16H23BrN2O. The summed E-state index contributed by atoms with van der Waals surface area (Å²) >= 11 is 3.40. The van der Waals surface area contributed by atoms with Gasteiger partial charge in [-0.3, -0.25) is 4.79 Å². The van der Waals surface area contributed by atoms with Gasteiger partial charge < -0.3 is 10.6 Å². The van der Waals surface area contributed by atoms with Gasteiger partial charge in [0, 0.05) is 16.2 Å². The largest absolute Gasteiger partial charge is 0.325 e. The highest BCUT2D eigenvalue weighted by molar-refractivity contribution is 9.10. The maximum Gasteiger partial charge on any atom is 0.238 e. The van der Waals surface area contributed by atoms with Crippen molar-refractivity contribution in [2.24, 2.45) is 11.8 Å². The van der Waals surface area contributed by atoms with Crippen molar-refractivity contribution in [3.63, 3.8) is 0 Å². The molecule has 0 aromatic heterocycles. The molecule has 0 radical (unpaired) electrons. The molecule has 0 aliphatic heterocycles. The molecule has 1 fully saturated rings. The molecule has 0 spiro atoms. The molecule has 1 saturated carbocycles. The van der Waals surface area contributed by atoms with Gasteiger partial charge in [0.05, 0.1) is 6.54 Å². The second-order valence-corrected chi connectivity index (χ2v) is 6.82. The van der Waals surface area contributed by atoms with Crippen LogP contribution in [0.3, 0.4) is 0 Å². The van der Waals surface area contributed by atoms with Gasteiger partial charge in [-0.15, -0.1) is 0 Å². The Hall–Kier alpha value is -0.870. The van der Waals surface area contributed by atoms with Crippen LogP contribution >= 0.6 is 15.9 Å². The van der Waals surface area contributed by atoms with E-state index in [0.29, 0.717) is 12.6 Å². The van der Waals surface area contributed by atoms with Gasteiger partial charge >= 0.3 is 0 Å². The van der Waals surface area contributed by atoms with Crippen LogP contribution in [0.25, 0.3) is 0 Å². The van der Waals surface area contributed by atoms with Crippen molar-refractivity contribution in [1.29, 1.82) is 0 Å². The molecule has 2 rings (SSSR count). The van der Waals surface area contributed by atoms with E-state index in [1.165, 1.54) is 19.3 Å². The van der Waals surface area contributed by atoms with Crippen molar-refractivity contribution in [2.45, 2.75) is 39.2 Å². The van der Waals surface area contributed by atoms with Crippen LogP contribution in [0.15, 0.2) is 28.7 Å². The van der Waals surface area contributed by atoms with Gasteiger partial charge in [-0.1, -0.05) is 35.8 Å². The predicted octanol–water partition coefficient (Wildman–Crippen LogP) is 3.80. The number of amides is 1. The zero-order valence-electron chi connectivity index (χ0n) is 12.2. The monoisotopic (exact) mass is 338 g/mol. The first-order valence-corrected chi connectivity index (χ1v) is 8.12. The second kappa shape index (κ2) is 7.23. The highest BCUT2D eigenvalue weighted by Gasteiger charge is 2.24. The number of benzene rings is 1. The highest BCUT2D eigenvalue weighted by atomic mass is 79.9. The molecule has 1 aliphatic rings. The normalized spacial score (nSPS) is 26.2. The molecule has 3 atom stereocenters. The fourth-order valence-corrected chi connectivity index (χ4v) is 3.14. The van der Waals surface area contributed by atoms with Crippen molar-refractivity contribution >= 4 is 27.5 Å². The summed E-state index contributed by atoms with van der Waals surface area (Å²) in [6.45, 7) is 5.01. The molecule has 110 valence electrons. The van der Waals surface area contributed by atoms with Crippen molar-refractivity contribution in [3.8, 4) is 0 Å². The van der Waals surface area contributed by atoms with E-state index < -0.39 is 0 Å². The van der Waals surface area contributed by atoms with E-state index in [2.05, 4.69) is 40.4 Å². The number of hydrogen-bond donors (Lipinski definition) is 2. The van der Waals surface area contributed by atoms with Crippen LogP contribution in [-0.2, 0) is 4.79 Å². The Morgan fingerprint density at radius 3 is 2.80 bits per heavy atom. The molecule has 1 aliphatic carbocycles. The quantitative estimate of drug-likeness (QED) is 0.876. The van der Waals surface area contributed by atoms with Gasteiger partial charge in [-0.05, 0) is 49.3 Å². The van der Waals surface area contributed by atoms with Crippen LogP contribution in [0.5, 0.6) is 0 Å². The molecule has 1 amide bonds. The van der Waals surface area contributed by atoms with Crippen LogP contribution < -0.4 is 10.6 Å². The first kappa shape index (κ1) is 15.5. The molecule has 0 saturated heterocycles. The summed E-state index contributed by atoms with van der Waals surface area (Å²) < 4.78 is 0.971. The van der Waals surface area contributed by atoms with E-state index in [1.807, 2.05) is 24.3 Å². The predicted molar refractivity (Wildman–Crippen MR) is 86.7 cm³/mol. The minimum absolute atomic E-state index is 0.0226. The third-order valence-corrected chi connectivity index (χ3v) is 4.75. The van der Waals surface area contributed by atoms with Crippen LogP contribution in [0, 0.1) is 11.8 Å². The highest BCUT2D eigenvalue weighted by Crippen LogP contribution is 2.29. The van der Waals surface area contributed by atoms with E-state index >= 15 is 0 Å². The Balaban J connectivity index is 1.75. The van der Waals surface area contributed by atoms with Gasteiger partial charge in [-0.2, -0.15) is 0 Å². The average molecular weight is 339 g/mol. The Labute approximate surface area is 129 Å². The topological polar surface area (TPSA) is 41.1 Å². The fraction of sp³-hybridized carbons (Fsp3) is 0.562. The fourth-order valence-electron chi connectivity index (χ4n) is 2.74. The molecule has 1 aromatic carbocycles. The summed E-state index contributed by atoms with van der Waals surface area (Å²) in [5, 5.41) is 6.29. The average Bonchev–Trinajstić information content (AvgIpc) is 2.40. The summed E-state index contributed by atoms with van der Waals surface area (Å²) in [6.07, 6.45) is 3.60. The van der Waals surface area contributed by atoms with Gasteiger partial charge in [0.15, 0.2) is 0 Å². The zero-order valence-corrected chi connectivity index (χ0v) is 13.7. The Morgan fingerprint density at radius 2 is 2.10 bits per heavy atom. The number of halogens is 1.